The van der Waals surface area contributed by atoms with Gasteiger partial charge in [0, 0.05) is 5.56 Å². The summed E-state index contributed by atoms with van der Waals surface area (Å²) < 4.78 is 0. The molecule has 92 valence electrons. The predicted molar refractivity (Wildman–Crippen MR) is 72.2 cm³/mol. The standard InChI is InChI=1S/C15H17N3/c1-10-5-6-11(15(2,3)4)7-12(10)13-9-17-14(8-16)18-13/h5-7,9H,1-4H3,(H,17,18). The molecule has 2 rings (SSSR count). The molecule has 0 aliphatic carbocycles. The highest BCUT2D eigenvalue weighted by atomic mass is 14.9. The van der Waals surface area contributed by atoms with Crippen LogP contribution in [0.1, 0.15) is 37.7 Å². The first-order valence-electron chi connectivity index (χ1n) is 5.98. The molecule has 18 heavy (non-hydrogen) atoms. The molecule has 0 fully saturated rings. The van der Waals surface area contributed by atoms with Gasteiger partial charge in [-0.05, 0) is 29.5 Å². The van der Waals surface area contributed by atoms with Gasteiger partial charge in [-0.25, -0.2) is 4.98 Å². The van der Waals surface area contributed by atoms with E-state index in [1.165, 1.54) is 11.1 Å². The number of aromatic amines is 1. The minimum atomic E-state index is 0.112. The number of aryl methyl sites for hydroxylation is 1. The lowest BCUT2D eigenvalue weighted by Crippen LogP contribution is -2.11. The molecule has 1 aromatic carbocycles. The van der Waals surface area contributed by atoms with E-state index in [0.717, 1.165) is 11.3 Å². The number of rotatable bonds is 1. The normalized spacial score (nSPS) is 11.3. The molecule has 0 saturated carbocycles. The Morgan fingerprint density at radius 2 is 2.00 bits per heavy atom. The van der Waals surface area contributed by atoms with E-state index < -0.39 is 0 Å². The van der Waals surface area contributed by atoms with Gasteiger partial charge >= 0.3 is 0 Å². The number of benzene rings is 1. The second-order valence-corrected chi connectivity index (χ2v) is 5.54. The van der Waals surface area contributed by atoms with Gasteiger partial charge in [-0.3, -0.25) is 0 Å². The van der Waals surface area contributed by atoms with Crippen molar-refractivity contribution in [2.24, 2.45) is 0 Å². The van der Waals surface area contributed by atoms with E-state index in [1.807, 2.05) is 6.07 Å². The molecule has 1 aromatic heterocycles. The van der Waals surface area contributed by atoms with Crippen molar-refractivity contribution in [2.75, 3.05) is 0 Å². The van der Waals surface area contributed by atoms with E-state index in [-0.39, 0.29) is 5.41 Å². The molecule has 2 aromatic rings. The third kappa shape index (κ3) is 2.28. The Labute approximate surface area is 107 Å². The third-order valence-corrected chi connectivity index (χ3v) is 3.08. The number of nitrogens with one attached hydrogen (secondary N) is 1. The maximum atomic E-state index is 8.81. The zero-order valence-corrected chi connectivity index (χ0v) is 11.2. The van der Waals surface area contributed by atoms with Crippen LogP contribution >= 0.6 is 0 Å². The van der Waals surface area contributed by atoms with Crippen LogP contribution in [0, 0.1) is 18.3 Å². The molecule has 0 radical (unpaired) electrons. The minimum Gasteiger partial charge on any atom is -0.329 e. The Hall–Kier alpha value is -2.08. The maximum Gasteiger partial charge on any atom is 0.210 e. The molecule has 0 unspecified atom stereocenters. The lowest BCUT2D eigenvalue weighted by Gasteiger charge is -2.20. The Morgan fingerprint density at radius 3 is 2.56 bits per heavy atom. The van der Waals surface area contributed by atoms with Crippen LogP contribution in [0.25, 0.3) is 11.3 Å². The van der Waals surface area contributed by atoms with Gasteiger partial charge in [0.05, 0.1) is 11.9 Å². The van der Waals surface area contributed by atoms with Crippen molar-refractivity contribution in [1.29, 1.82) is 5.26 Å². The first kappa shape index (κ1) is 12.4. The topological polar surface area (TPSA) is 52.5 Å². The molecule has 0 bridgehead atoms. The van der Waals surface area contributed by atoms with Crippen LogP contribution in [0.4, 0.5) is 0 Å². The quantitative estimate of drug-likeness (QED) is 0.827. The highest BCUT2D eigenvalue weighted by Crippen LogP contribution is 2.29. The van der Waals surface area contributed by atoms with Crippen LogP contribution < -0.4 is 0 Å². The zero-order valence-electron chi connectivity index (χ0n) is 11.2. The Balaban J connectivity index is 2.54. The first-order chi connectivity index (χ1) is 8.41. The summed E-state index contributed by atoms with van der Waals surface area (Å²) in [6.07, 6.45) is 1.72. The summed E-state index contributed by atoms with van der Waals surface area (Å²) in [5, 5.41) is 8.81. The number of nitrogens with zero attached hydrogens (tertiary/aromatic N) is 2. The van der Waals surface area contributed by atoms with Crippen molar-refractivity contribution in [3.63, 3.8) is 0 Å². The lowest BCUT2D eigenvalue weighted by atomic mass is 9.85. The average molecular weight is 239 g/mol. The second-order valence-electron chi connectivity index (χ2n) is 5.54. The highest BCUT2D eigenvalue weighted by Gasteiger charge is 2.16. The van der Waals surface area contributed by atoms with Gasteiger partial charge in [0.2, 0.25) is 5.82 Å². The van der Waals surface area contributed by atoms with Gasteiger partial charge in [0.15, 0.2) is 0 Å². The first-order valence-corrected chi connectivity index (χ1v) is 5.98. The van der Waals surface area contributed by atoms with Gasteiger partial charge in [-0.1, -0.05) is 32.9 Å². The smallest absolute Gasteiger partial charge is 0.210 e. The Bertz CT molecular complexity index is 609. The van der Waals surface area contributed by atoms with Crippen LogP contribution in [0.5, 0.6) is 0 Å². The second kappa shape index (κ2) is 4.30. The fourth-order valence-corrected chi connectivity index (χ4v) is 1.89. The van der Waals surface area contributed by atoms with E-state index in [1.54, 1.807) is 6.20 Å². The van der Waals surface area contributed by atoms with E-state index in [2.05, 4.69) is 55.9 Å². The summed E-state index contributed by atoms with van der Waals surface area (Å²) in [6, 6.07) is 8.45. The summed E-state index contributed by atoms with van der Waals surface area (Å²) in [7, 11) is 0. The molecule has 3 nitrogen and oxygen atoms in total. The molecular weight excluding hydrogens is 222 g/mol. The summed E-state index contributed by atoms with van der Waals surface area (Å²) >= 11 is 0. The van der Waals surface area contributed by atoms with Gasteiger partial charge in [-0.15, -0.1) is 0 Å². The van der Waals surface area contributed by atoms with E-state index in [4.69, 9.17) is 5.26 Å². The van der Waals surface area contributed by atoms with Gasteiger partial charge in [0.1, 0.15) is 6.07 Å². The van der Waals surface area contributed by atoms with Crippen molar-refractivity contribution < 1.29 is 0 Å². The minimum absolute atomic E-state index is 0.112. The van der Waals surface area contributed by atoms with Crippen molar-refractivity contribution in [3.05, 3.63) is 41.3 Å². The summed E-state index contributed by atoms with van der Waals surface area (Å²) in [6.45, 7) is 8.63. The maximum absolute atomic E-state index is 8.81. The van der Waals surface area contributed by atoms with Crippen molar-refractivity contribution in [1.82, 2.24) is 9.97 Å². The monoisotopic (exact) mass is 239 g/mol. The number of nitriles is 1. The van der Waals surface area contributed by atoms with Crippen LogP contribution in [0.2, 0.25) is 0 Å². The molecule has 3 heteroatoms. The Kier molecular flexibility index (Phi) is 2.96. The molecule has 0 spiro atoms. The fourth-order valence-electron chi connectivity index (χ4n) is 1.89. The molecule has 0 aliphatic rings. The molecule has 0 aliphatic heterocycles. The van der Waals surface area contributed by atoms with E-state index in [9.17, 15) is 0 Å². The predicted octanol–water partition coefficient (Wildman–Crippen LogP) is 3.55. The van der Waals surface area contributed by atoms with Crippen LogP contribution in [0.15, 0.2) is 24.4 Å². The van der Waals surface area contributed by atoms with Crippen molar-refractivity contribution in [3.8, 4) is 17.3 Å². The van der Waals surface area contributed by atoms with Crippen molar-refractivity contribution in [2.45, 2.75) is 33.1 Å². The molecule has 0 amide bonds. The van der Waals surface area contributed by atoms with E-state index >= 15 is 0 Å². The molecule has 0 saturated heterocycles. The summed E-state index contributed by atoms with van der Waals surface area (Å²) in [4.78, 5) is 7.05. The SMILES string of the molecule is Cc1ccc(C(C)(C)C)cc1-c1cnc(C#N)[nH]1. The molecule has 1 heterocycles. The number of aromatic nitrogens is 2. The molecular formula is C15H17N3. The van der Waals surface area contributed by atoms with Crippen LogP contribution in [0.3, 0.4) is 0 Å². The zero-order chi connectivity index (χ0) is 13.3. The number of imidazole rings is 1. The van der Waals surface area contributed by atoms with E-state index in [0.29, 0.717) is 5.82 Å². The third-order valence-electron chi connectivity index (χ3n) is 3.08. The fraction of sp³-hybridized carbons (Fsp3) is 0.333. The van der Waals surface area contributed by atoms with Crippen molar-refractivity contribution >= 4 is 0 Å². The van der Waals surface area contributed by atoms with Gasteiger partial charge in [-0.2, -0.15) is 5.26 Å². The largest absolute Gasteiger partial charge is 0.329 e. The molecule has 1 N–H and O–H groups in total. The number of H-pyrrole nitrogens is 1. The summed E-state index contributed by atoms with van der Waals surface area (Å²) in [5.74, 6) is 0.352. The van der Waals surface area contributed by atoms with Gasteiger partial charge < -0.3 is 4.98 Å². The number of hydrogen-bond acceptors (Lipinski definition) is 2. The number of hydrogen-bond donors (Lipinski definition) is 1. The van der Waals surface area contributed by atoms with Gasteiger partial charge in [0.25, 0.3) is 0 Å². The summed E-state index contributed by atoms with van der Waals surface area (Å²) in [5.41, 5.74) is 4.57. The highest BCUT2D eigenvalue weighted by molar-refractivity contribution is 5.64. The van der Waals surface area contributed by atoms with Crippen LogP contribution in [-0.4, -0.2) is 9.97 Å². The lowest BCUT2D eigenvalue weighted by molar-refractivity contribution is 0.590. The molecule has 0 atom stereocenters. The average Bonchev–Trinajstić information content (AvgIpc) is 2.76. The van der Waals surface area contributed by atoms with Crippen LogP contribution in [-0.2, 0) is 5.41 Å². The Morgan fingerprint density at radius 1 is 1.28 bits per heavy atom.